The third kappa shape index (κ3) is 4.93. The highest BCUT2D eigenvalue weighted by Crippen LogP contribution is 2.39. The van der Waals surface area contributed by atoms with Crippen molar-refractivity contribution in [1.29, 1.82) is 0 Å². The van der Waals surface area contributed by atoms with Crippen LogP contribution in [-0.4, -0.2) is 37.6 Å². The first-order valence-electron chi connectivity index (χ1n) is 8.21. The van der Waals surface area contributed by atoms with Crippen LogP contribution >= 0.6 is 11.9 Å². The normalized spacial score (nSPS) is 11.4. The van der Waals surface area contributed by atoms with Gasteiger partial charge in [0.25, 0.3) is 0 Å². The van der Waals surface area contributed by atoms with Gasteiger partial charge in [-0.2, -0.15) is 0 Å². The topological polar surface area (TPSA) is 77.5 Å². The molecule has 3 aromatic rings. The van der Waals surface area contributed by atoms with Crippen molar-refractivity contribution in [3.63, 3.8) is 0 Å². The number of hydrogen-bond donors (Lipinski definition) is 2. The third-order valence-corrected chi connectivity index (χ3v) is 4.47. The molecule has 0 saturated heterocycles. The fourth-order valence-electron chi connectivity index (χ4n) is 2.63. The first kappa shape index (κ1) is 20.8. The Kier molecular flexibility index (Phi) is 6.18. The van der Waals surface area contributed by atoms with E-state index in [0.717, 1.165) is 0 Å². The summed E-state index contributed by atoms with van der Waals surface area (Å²) >= 11 is 1.24. The summed E-state index contributed by atoms with van der Waals surface area (Å²) in [6.45, 7) is 0. The van der Waals surface area contributed by atoms with Crippen molar-refractivity contribution in [3.8, 4) is 17.2 Å². The molecule has 0 aliphatic carbocycles. The second-order valence-electron chi connectivity index (χ2n) is 5.58. The van der Waals surface area contributed by atoms with E-state index in [0.29, 0.717) is 27.3 Å². The number of nitrogens with one attached hydrogen (secondary N) is 2. The third-order valence-electron chi connectivity index (χ3n) is 3.78. The summed E-state index contributed by atoms with van der Waals surface area (Å²) in [6.07, 6.45) is -3.55. The van der Waals surface area contributed by atoms with Crippen molar-refractivity contribution >= 4 is 34.4 Å². The maximum absolute atomic E-state index is 12.8. The number of anilines is 2. The molecule has 11 heteroatoms. The summed E-state index contributed by atoms with van der Waals surface area (Å²) in [5.74, 6) is 0.791. The molecule has 0 aliphatic heterocycles. The van der Waals surface area contributed by atoms with Crippen LogP contribution in [0.3, 0.4) is 0 Å². The zero-order valence-electron chi connectivity index (χ0n) is 15.6. The Morgan fingerprint density at radius 1 is 1.00 bits per heavy atom. The molecule has 3 rings (SSSR count). The van der Waals surface area contributed by atoms with Gasteiger partial charge in [0.15, 0.2) is 5.75 Å². The second-order valence-corrected chi connectivity index (χ2v) is 6.67. The predicted molar refractivity (Wildman–Crippen MR) is 104 cm³/mol. The predicted octanol–water partition coefficient (Wildman–Crippen LogP) is 4.52. The Bertz CT molecular complexity index is 1020. The van der Waals surface area contributed by atoms with Crippen LogP contribution in [0.2, 0.25) is 0 Å². The molecule has 0 spiro atoms. The average Bonchev–Trinajstić information content (AvgIpc) is 2.68. The van der Waals surface area contributed by atoms with E-state index in [9.17, 15) is 13.2 Å². The molecule has 0 aliphatic rings. The number of fused-ring (bicyclic) bond motifs is 1. The Balaban J connectivity index is 2.11. The van der Waals surface area contributed by atoms with Crippen LogP contribution in [0.15, 0.2) is 41.6 Å². The lowest BCUT2D eigenvalue weighted by Gasteiger charge is -2.17. The van der Waals surface area contributed by atoms with Gasteiger partial charge in [0, 0.05) is 17.0 Å². The Hall–Kier alpha value is -2.92. The molecule has 0 atom stereocenters. The highest BCUT2D eigenvalue weighted by Gasteiger charge is 2.32. The number of aromatic nitrogens is 2. The molecule has 1 heterocycles. The Labute approximate surface area is 168 Å². The minimum Gasteiger partial charge on any atom is -0.497 e. The molecule has 154 valence electrons. The first-order valence-corrected chi connectivity index (χ1v) is 9.03. The van der Waals surface area contributed by atoms with Gasteiger partial charge in [0.05, 0.1) is 30.8 Å². The molecule has 0 amide bonds. The maximum atomic E-state index is 12.8. The van der Waals surface area contributed by atoms with E-state index in [1.54, 1.807) is 19.2 Å². The van der Waals surface area contributed by atoms with Gasteiger partial charge < -0.3 is 19.5 Å². The molecule has 1 aromatic heterocycles. The number of benzene rings is 2. The molecule has 2 aromatic carbocycles. The van der Waals surface area contributed by atoms with Gasteiger partial charge in [0.2, 0.25) is 0 Å². The summed E-state index contributed by atoms with van der Waals surface area (Å²) in [7, 11) is 4.67. The van der Waals surface area contributed by atoms with Crippen molar-refractivity contribution in [3.05, 3.63) is 36.7 Å². The van der Waals surface area contributed by atoms with E-state index in [1.165, 1.54) is 50.7 Å². The molecule has 7 nitrogen and oxygen atoms in total. The van der Waals surface area contributed by atoms with Gasteiger partial charge in [-0.3, -0.25) is 4.72 Å². The summed E-state index contributed by atoms with van der Waals surface area (Å²) < 4.78 is 56.2. The minimum atomic E-state index is -4.84. The van der Waals surface area contributed by atoms with E-state index >= 15 is 0 Å². The van der Waals surface area contributed by atoms with Crippen LogP contribution in [0.25, 0.3) is 10.9 Å². The second kappa shape index (κ2) is 8.62. The van der Waals surface area contributed by atoms with Crippen LogP contribution < -0.4 is 24.2 Å². The largest absolute Gasteiger partial charge is 0.573 e. The zero-order chi connectivity index (χ0) is 21.0. The van der Waals surface area contributed by atoms with E-state index in [-0.39, 0.29) is 11.5 Å². The van der Waals surface area contributed by atoms with Crippen molar-refractivity contribution in [2.75, 3.05) is 26.6 Å². The van der Waals surface area contributed by atoms with Crippen molar-refractivity contribution in [2.24, 2.45) is 0 Å². The fourth-order valence-corrected chi connectivity index (χ4v) is 3.18. The van der Waals surface area contributed by atoms with E-state index < -0.39 is 12.1 Å². The lowest BCUT2D eigenvalue weighted by atomic mass is 10.2. The molecule has 0 bridgehead atoms. The smallest absolute Gasteiger partial charge is 0.497 e. The summed E-state index contributed by atoms with van der Waals surface area (Å²) in [5.41, 5.74) is 0.582. The minimum absolute atomic E-state index is 0.0837. The van der Waals surface area contributed by atoms with E-state index in [1.807, 2.05) is 0 Å². The molecule has 29 heavy (non-hydrogen) atoms. The van der Waals surface area contributed by atoms with Crippen molar-refractivity contribution in [1.82, 2.24) is 14.7 Å². The molecule has 0 unspecified atom stereocenters. The monoisotopic (exact) mass is 426 g/mol. The maximum Gasteiger partial charge on any atom is 0.573 e. The first-order chi connectivity index (χ1) is 13.8. The number of hydrogen-bond acceptors (Lipinski definition) is 8. The standard InChI is InChI=1S/C18H17F3N4O3S/c1-22-29-11-4-5-14(28-18(19,20)21)12(8-11)25-17-16-13(23-9-24-17)6-10(26-2)7-15(16)27-3/h4-9,22H,1-3H3,(H,23,24,25). The van der Waals surface area contributed by atoms with Gasteiger partial charge in [-0.15, -0.1) is 13.2 Å². The number of alkyl halides is 3. The fraction of sp³-hybridized carbons (Fsp3) is 0.222. The Morgan fingerprint density at radius 2 is 1.79 bits per heavy atom. The number of nitrogens with zero attached hydrogens (tertiary/aromatic N) is 2. The number of ether oxygens (including phenoxy) is 3. The number of halogens is 3. The SMILES string of the molecule is CNSc1ccc(OC(F)(F)F)c(Nc2ncnc3cc(OC)cc(OC)c23)c1. The van der Waals surface area contributed by atoms with Crippen molar-refractivity contribution < 1.29 is 27.4 Å². The van der Waals surface area contributed by atoms with Crippen LogP contribution in [0.4, 0.5) is 24.7 Å². The highest BCUT2D eigenvalue weighted by molar-refractivity contribution is 7.97. The van der Waals surface area contributed by atoms with E-state index in [2.05, 4.69) is 24.7 Å². The molecule has 0 fully saturated rings. The molecular formula is C18H17F3N4O3S. The molecular weight excluding hydrogens is 409 g/mol. The highest BCUT2D eigenvalue weighted by atomic mass is 32.2. The van der Waals surface area contributed by atoms with Gasteiger partial charge in [-0.05, 0) is 37.2 Å². The Morgan fingerprint density at radius 3 is 2.45 bits per heavy atom. The van der Waals surface area contributed by atoms with Crippen molar-refractivity contribution in [2.45, 2.75) is 11.3 Å². The lowest BCUT2D eigenvalue weighted by molar-refractivity contribution is -0.274. The van der Waals surface area contributed by atoms with Crippen LogP contribution in [0.5, 0.6) is 17.2 Å². The van der Waals surface area contributed by atoms with Gasteiger partial charge in [-0.1, -0.05) is 0 Å². The number of rotatable bonds is 7. The summed E-state index contributed by atoms with van der Waals surface area (Å²) in [4.78, 5) is 9.05. The zero-order valence-corrected chi connectivity index (χ0v) is 16.4. The lowest BCUT2D eigenvalue weighted by Crippen LogP contribution is -2.18. The van der Waals surface area contributed by atoms with Gasteiger partial charge >= 0.3 is 6.36 Å². The van der Waals surface area contributed by atoms with E-state index in [4.69, 9.17) is 9.47 Å². The average molecular weight is 426 g/mol. The summed E-state index contributed by atoms with van der Waals surface area (Å²) in [6, 6.07) is 7.57. The summed E-state index contributed by atoms with van der Waals surface area (Å²) in [5, 5.41) is 3.40. The molecule has 0 saturated carbocycles. The van der Waals surface area contributed by atoms with Crippen LogP contribution in [0.1, 0.15) is 0 Å². The molecule has 0 radical (unpaired) electrons. The van der Waals surface area contributed by atoms with Gasteiger partial charge in [0.1, 0.15) is 23.6 Å². The van der Waals surface area contributed by atoms with Crippen LogP contribution in [0, 0.1) is 0 Å². The quantitative estimate of drug-likeness (QED) is 0.534. The van der Waals surface area contributed by atoms with Crippen LogP contribution in [-0.2, 0) is 0 Å². The number of methoxy groups -OCH3 is 2. The molecule has 2 N–H and O–H groups in total. The van der Waals surface area contributed by atoms with Gasteiger partial charge in [-0.25, -0.2) is 9.97 Å².